The summed E-state index contributed by atoms with van der Waals surface area (Å²) in [6.07, 6.45) is 5.10. The molecular weight excluding hydrogens is 482 g/mol. The summed E-state index contributed by atoms with van der Waals surface area (Å²) in [6, 6.07) is 9.89. The van der Waals surface area contributed by atoms with E-state index in [1.165, 1.54) is 11.3 Å². The van der Waals surface area contributed by atoms with E-state index in [-0.39, 0.29) is 12.1 Å². The molecule has 0 unspecified atom stereocenters. The molecule has 2 aromatic rings. The molecule has 6 nitrogen and oxygen atoms in total. The number of thioether (sulfide) groups is 1. The van der Waals surface area contributed by atoms with E-state index >= 15 is 0 Å². The summed E-state index contributed by atoms with van der Waals surface area (Å²) in [5.41, 5.74) is 8.19. The predicted octanol–water partition coefficient (Wildman–Crippen LogP) is 6.70. The van der Waals surface area contributed by atoms with Crippen LogP contribution in [0.2, 0.25) is 0 Å². The van der Waals surface area contributed by atoms with Crippen molar-refractivity contribution in [1.29, 1.82) is 0 Å². The van der Waals surface area contributed by atoms with E-state index in [4.69, 9.17) is 0 Å². The highest BCUT2D eigenvalue weighted by atomic mass is 32.2. The summed E-state index contributed by atoms with van der Waals surface area (Å²) < 4.78 is 0. The quantitative estimate of drug-likeness (QED) is 0.432. The summed E-state index contributed by atoms with van der Waals surface area (Å²) in [7, 11) is 0. The Balaban J connectivity index is 1.56. The average molecular weight is 518 g/mol. The van der Waals surface area contributed by atoms with E-state index in [0.717, 1.165) is 57.4 Å². The molecule has 0 spiro atoms. The molecule has 4 rings (SSSR count). The van der Waals surface area contributed by atoms with Gasteiger partial charge in [0.05, 0.1) is 10.4 Å². The van der Waals surface area contributed by atoms with E-state index in [0.29, 0.717) is 10.6 Å². The number of nitrogens with zero attached hydrogens (tertiary/aromatic N) is 2. The lowest BCUT2D eigenvalue weighted by molar-refractivity contribution is -0.127. The van der Waals surface area contributed by atoms with Crippen molar-refractivity contribution in [1.82, 2.24) is 4.90 Å². The molecule has 0 aliphatic carbocycles. The molecule has 3 amide bonds. The summed E-state index contributed by atoms with van der Waals surface area (Å²) in [6.45, 7) is 15.4. The lowest BCUT2D eigenvalue weighted by Gasteiger charge is -2.43. The Morgan fingerprint density at radius 1 is 1.03 bits per heavy atom. The molecule has 1 saturated heterocycles. The second kappa shape index (κ2) is 10.2. The third-order valence-corrected chi connectivity index (χ3v) is 7.97. The summed E-state index contributed by atoms with van der Waals surface area (Å²) in [5.74, 6) is -0.848. The van der Waals surface area contributed by atoms with Crippen LogP contribution < -0.4 is 10.2 Å². The first-order valence-electron chi connectivity index (χ1n) is 12.7. The molecule has 2 aliphatic heterocycles. The van der Waals surface area contributed by atoms with Crippen molar-refractivity contribution in [3.63, 3.8) is 0 Å². The Hall–Kier alpha value is -3.32. The number of imide groups is 1. The van der Waals surface area contributed by atoms with Crippen LogP contribution >= 0.6 is 11.8 Å². The van der Waals surface area contributed by atoms with Gasteiger partial charge in [-0.2, -0.15) is 0 Å². The first-order valence-corrected chi connectivity index (χ1v) is 13.5. The third kappa shape index (κ3) is 5.37. The molecule has 0 atom stereocenters. The zero-order valence-corrected chi connectivity index (χ0v) is 23.5. The molecule has 0 aromatic heterocycles. The zero-order chi connectivity index (χ0) is 27.1. The molecule has 1 fully saturated rings. The normalized spacial score (nSPS) is 17.8. The third-order valence-electron chi connectivity index (χ3n) is 7.07. The number of carbonyl (C=O) groups is 3. The fourth-order valence-corrected chi connectivity index (χ4v) is 5.80. The Morgan fingerprint density at radius 3 is 2.43 bits per heavy atom. The lowest BCUT2D eigenvalue weighted by Crippen LogP contribution is -2.45. The van der Waals surface area contributed by atoms with Crippen molar-refractivity contribution >= 4 is 51.8 Å². The van der Waals surface area contributed by atoms with Gasteiger partial charge >= 0.3 is 0 Å². The van der Waals surface area contributed by atoms with Crippen molar-refractivity contribution in [2.45, 2.75) is 60.4 Å². The van der Waals surface area contributed by atoms with Gasteiger partial charge in [0.2, 0.25) is 5.91 Å². The van der Waals surface area contributed by atoms with E-state index < -0.39 is 17.1 Å². The molecule has 194 valence electrons. The zero-order valence-electron chi connectivity index (χ0n) is 22.7. The maximum absolute atomic E-state index is 13.1. The minimum Gasteiger partial charge on any atom is -0.362 e. The van der Waals surface area contributed by atoms with Crippen LogP contribution in [0.1, 0.15) is 61.9 Å². The van der Waals surface area contributed by atoms with Crippen LogP contribution in [-0.2, 0) is 9.59 Å². The number of fused-ring (bicyclic) bond motifs is 1. The standard InChI is InChI=1S/C30H35N3O3S/c1-8-11-33-25-13-20(4)22(14-24(25)21(5)16-30(33,6)7)15-26-28(35)32(29(36)37-26)17-27(34)31-23-10-9-18(2)19(3)12-23/h9-10,12-16H,8,11,17H2,1-7H3,(H,31,34)/b26-15+. The van der Waals surface area contributed by atoms with Crippen molar-refractivity contribution in [3.05, 3.63) is 69.1 Å². The van der Waals surface area contributed by atoms with E-state index in [2.05, 4.69) is 56.1 Å². The maximum Gasteiger partial charge on any atom is 0.294 e. The molecular formula is C30H35N3O3S. The van der Waals surface area contributed by atoms with Crippen molar-refractivity contribution in [3.8, 4) is 0 Å². The highest BCUT2D eigenvalue weighted by Crippen LogP contribution is 2.41. The molecule has 7 heteroatoms. The number of benzene rings is 2. The van der Waals surface area contributed by atoms with Crippen LogP contribution in [0.4, 0.5) is 16.2 Å². The van der Waals surface area contributed by atoms with E-state index in [9.17, 15) is 14.4 Å². The van der Waals surface area contributed by atoms with Crippen molar-refractivity contribution in [2.75, 3.05) is 23.3 Å². The molecule has 2 aromatic carbocycles. The summed E-state index contributed by atoms with van der Waals surface area (Å²) >= 11 is 0.878. The van der Waals surface area contributed by atoms with Gasteiger partial charge in [-0.3, -0.25) is 19.3 Å². The molecule has 0 radical (unpaired) electrons. The van der Waals surface area contributed by atoms with Gasteiger partial charge in [0.15, 0.2) is 0 Å². The Bertz CT molecular complexity index is 1360. The number of nitrogens with one attached hydrogen (secondary N) is 1. The molecule has 1 N–H and O–H groups in total. The van der Waals surface area contributed by atoms with Gasteiger partial charge in [0.1, 0.15) is 6.54 Å². The molecule has 2 aliphatic rings. The van der Waals surface area contributed by atoms with Crippen LogP contribution in [-0.4, -0.2) is 40.6 Å². The fourth-order valence-electron chi connectivity index (χ4n) is 4.97. The number of hydrogen-bond donors (Lipinski definition) is 1. The van der Waals surface area contributed by atoms with Crippen molar-refractivity contribution in [2.24, 2.45) is 0 Å². The number of allylic oxidation sites excluding steroid dienone is 1. The van der Waals surface area contributed by atoms with Gasteiger partial charge in [-0.05, 0) is 118 Å². The minimum absolute atomic E-state index is 0.0818. The van der Waals surface area contributed by atoms with Gasteiger partial charge in [0.25, 0.3) is 11.1 Å². The molecule has 0 bridgehead atoms. The lowest BCUT2D eigenvalue weighted by atomic mass is 9.86. The van der Waals surface area contributed by atoms with E-state index in [1.54, 1.807) is 6.08 Å². The number of rotatable bonds is 6. The average Bonchev–Trinajstić information content (AvgIpc) is 3.07. The molecule has 37 heavy (non-hydrogen) atoms. The largest absolute Gasteiger partial charge is 0.362 e. The first-order chi connectivity index (χ1) is 17.4. The number of amides is 3. The number of carbonyl (C=O) groups excluding carboxylic acids is 3. The topological polar surface area (TPSA) is 69.7 Å². The highest BCUT2D eigenvalue weighted by Gasteiger charge is 2.37. The summed E-state index contributed by atoms with van der Waals surface area (Å²) in [5, 5.41) is 2.35. The molecule has 0 saturated carbocycles. The summed E-state index contributed by atoms with van der Waals surface area (Å²) in [4.78, 5) is 42.1. The van der Waals surface area contributed by atoms with Crippen LogP contribution in [0, 0.1) is 20.8 Å². The SMILES string of the molecule is CCCN1c2cc(C)c(/C=C3/SC(=O)N(CC(=O)Nc4ccc(C)c(C)c4)C3=O)cc2C(C)=CC1(C)C. The van der Waals surface area contributed by atoms with Crippen molar-refractivity contribution < 1.29 is 14.4 Å². The second-order valence-corrected chi connectivity index (χ2v) is 11.5. The minimum atomic E-state index is -0.441. The monoisotopic (exact) mass is 517 g/mol. The Labute approximate surface area is 223 Å². The molecule has 2 heterocycles. The van der Waals surface area contributed by atoms with Gasteiger partial charge < -0.3 is 10.2 Å². The second-order valence-electron chi connectivity index (χ2n) is 10.5. The van der Waals surface area contributed by atoms with E-state index in [1.807, 2.05) is 39.0 Å². The van der Waals surface area contributed by atoms with Crippen LogP contribution in [0.15, 0.2) is 41.3 Å². The van der Waals surface area contributed by atoms with Gasteiger partial charge in [-0.1, -0.05) is 19.1 Å². The fraction of sp³-hybridized carbons (Fsp3) is 0.367. The Morgan fingerprint density at radius 2 is 1.76 bits per heavy atom. The maximum atomic E-state index is 13.1. The highest BCUT2D eigenvalue weighted by molar-refractivity contribution is 8.18. The smallest absolute Gasteiger partial charge is 0.294 e. The van der Waals surface area contributed by atoms with Crippen LogP contribution in [0.25, 0.3) is 11.6 Å². The number of anilines is 2. The number of aryl methyl sites for hydroxylation is 3. The Kier molecular flexibility index (Phi) is 7.38. The van der Waals surface area contributed by atoms with Gasteiger partial charge in [-0.25, -0.2) is 0 Å². The predicted molar refractivity (Wildman–Crippen MR) is 154 cm³/mol. The van der Waals surface area contributed by atoms with Crippen LogP contribution in [0.3, 0.4) is 0 Å². The van der Waals surface area contributed by atoms with Gasteiger partial charge in [-0.15, -0.1) is 0 Å². The van der Waals surface area contributed by atoms with Gasteiger partial charge in [0, 0.05) is 23.5 Å². The first kappa shape index (κ1) is 26.7. The number of hydrogen-bond acceptors (Lipinski definition) is 5. The van der Waals surface area contributed by atoms with Crippen LogP contribution in [0.5, 0.6) is 0 Å².